The van der Waals surface area contributed by atoms with Crippen molar-refractivity contribution in [1.29, 1.82) is 0 Å². The number of hydrogen-bond donors (Lipinski definition) is 1. The van der Waals surface area contributed by atoms with Gasteiger partial charge in [-0.25, -0.2) is 4.79 Å². The van der Waals surface area contributed by atoms with Crippen molar-refractivity contribution in [2.75, 3.05) is 14.2 Å². The SMILES string of the molecule is COC(=O)/C(C(c1ccccc1)C(C(C)=O)C(=O)OC)=[N+](\[O-])O. The summed E-state index contributed by atoms with van der Waals surface area (Å²) in [4.78, 5) is 35.1. The van der Waals surface area contributed by atoms with Gasteiger partial charge in [0.05, 0.1) is 14.2 Å². The van der Waals surface area contributed by atoms with Crippen LogP contribution in [-0.2, 0) is 23.9 Å². The number of rotatable bonds is 6. The predicted molar refractivity (Wildman–Crippen MR) is 77.8 cm³/mol. The van der Waals surface area contributed by atoms with E-state index in [1.54, 1.807) is 18.2 Å². The van der Waals surface area contributed by atoms with Crippen LogP contribution in [0.1, 0.15) is 18.4 Å². The van der Waals surface area contributed by atoms with Gasteiger partial charge >= 0.3 is 17.7 Å². The van der Waals surface area contributed by atoms with Gasteiger partial charge in [0.15, 0.2) is 0 Å². The summed E-state index contributed by atoms with van der Waals surface area (Å²) in [5.41, 5.74) is -0.488. The Hall–Kier alpha value is -2.90. The highest BCUT2D eigenvalue weighted by molar-refractivity contribution is 6.37. The van der Waals surface area contributed by atoms with Gasteiger partial charge in [0.2, 0.25) is 0 Å². The Bertz CT molecular complexity index is 620. The standard InChI is InChI=1S/C15H17NO7/c1-9(17)11(14(18)22-2)12(10-7-5-4-6-8-10)13(16(20)21)15(19)23-3/h4-8,11-12H,1-3H3,(H,20,21). The Labute approximate surface area is 132 Å². The molecule has 124 valence electrons. The third kappa shape index (κ3) is 4.06. The molecule has 0 aliphatic rings. The van der Waals surface area contributed by atoms with E-state index in [0.717, 1.165) is 21.1 Å². The number of Topliss-reactive ketones (excluding diaryl/α,β-unsaturated/α-hetero) is 1. The smallest absolute Gasteiger partial charge is 0.405 e. The molecule has 0 aromatic heterocycles. The molecule has 0 saturated carbocycles. The first kappa shape index (κ1) is 18.1. The van der Waals surface area contributed by atoms with Gasteiger partial charge in [0.25, 0.3) is 0 Å². The van der Waals surface area contributed by atoms with Gasteiger partial charge < -0.3 is 14.7 Å². The molecule has 0 aliphatic heterocycles. The van der Waals surface area contributed by atoms with Crippen molar-refractivity contribution >= 4 is 23.4 Å². The molecule has 1 rings (SSSR count). The minimum absolute atomic E-state index is 0.299. The second-order valence-corrected chi connectivity index (χ2v) is 4.65. The second kappa shape index (κ2) is 7.92. The molecule has 0 fully saturated rings. The summed E-state index contributed by atoms with van der Waals surface area (Å²) in [7, 11) is 2.08. The van der Waals surface area contributed by atoms with E-state index in [9.17, 15) is 24.8 Å². The molecule has 2 unspecified atom stereocenters. The van der Waals surface area contributed by atoms with Crippen LogP contribution in [0, 0.1) is 11.1 Å². The zero-order chi connectivity index (χ0) is 17.6. The summed E-state index contributed by atoms with van der Waals surface area (Å²) in [5, 5.41) is 20.8. The van der Waals surface area contributed by atoms with Gasteiger partial charge in [-0.05, 0) is 12.5 Å². The van der Waals surface area contributed by atoms with Gasteiger partial charge in [-0.2, -0.15) is 0 Å². The Morgan fingerprint density at radius 3 is 2.09 bits per heavy atom. The summed E-state index contributed by atoms with van der Waals surface area (Å²) in [6.07, 6.45) is 0. The lowest BCUT2D eigenvalue weighted by atomic mass is 9.80. The zero-order valence-corrected chi connectivity index (χ0v) is 12.9. The van der Waals surface area contributed by atoms with E-state index in [4.69, 9.17) is 0 Å². The summed E-state index contributed by atoms with van der Waals surface area (Å²) in [6, 6.07) is 7.88. The molecular formula is C15H17NO7. The molecule has 1 aromatic carbocycles. The molecule has 1 N–H and O–H groups in total. The van der Waals surface area contributed by atoms with Crippen LogP contribution in [0.2, 0.25) is 0 Å². The van der Waals surface area contributed by atoms with Crippen LogP contribution in [0.3, 0.4) is 0 Å². The number of methoxy groups -OCH3 is 2. The van der Waals surface area contributed by atoms with E-state index < -0.39 is 40.2 Å². The topological polar surface area (TPSA) is 116 Å². The summed E-state index contributed by atoms with van der Waals surface area (Å²) in [6.45, 7) is 1.12. The lowest BCUT2D eigenvalue weighted by Crippen LogP contribution is -2.40. The third-order valence-electron chi connectivity index (χ3n) is 3.28. The molecular weight excluding hydrogens is 306 g/mol. The number of benzene rings is 1. The largest absolute Gasteiger partial charge is 0.468 e. The number of carbonyl (C=O) groups excluding carboxylic acids is 3. The van der Waals surface area contributed by atoms with E-state index in [0.29, 0.717) is 5.56 Å². The third-order valence-corrected chi connectivity index (χ3v) is 3.28. The minimum atomic E-state index is -1.49. The first-order chi connectivity index (χ1) is 10.8. The highest BCUT2D eigenvalue weighted by atomic mass is 16.8. The van der Waals surface area contributed by atoms with E-state index in [1.165, 1.54) is 12.1 Å². The van der Waals surface area contributed by atoms with Crippen LogP contribution in [0.4, 0.5) is 0 Å². The average molecular weight is 323 g/mol. The molecule has 0 aliphatic carbocycles. The molecule has 0 radical (unpaired) electrons. The van der Waals surface area contributed by atoms with Crippen LogP contribution >= 0.6 is 0 Å². The van der Waals surface area contributed by atoms with Gasteiger partial charge in [0, 0.05) is 4.90 Å². The lowest BCUT2D eigenvalue weighted by Gasteiger charge is -2.21. The van der Waals surface area contributed by atoms with Crippen LogP contribution in [0.15, 0.2) is 30.3 Å². The first-order valence-electron chi connectivity index (χ1n) is 6.59. The number of esters is 2. The van der Waals surface area contributed by atoms with E-state index >= 15 is 0 Å². The molecule has 0 amide bonds. The van der Waals surface area contributed by atoms with E-state index in [1.807, 2.05) is 0 Å². The fourth-order valence-electron chi connectivity index (χ4n) is 2.26. The van der Waals surface area contributed by atoms with Crippen molar-refractivity contribution in [2.24, 2.45) is 5.92 Å². The Morgan fingerprint density at radius 1 is 1.13 bits per heavy atom. The van der Waals surface area contributed by atoms with Gasteiger partial charge in [-0.15, -0.1) is 0 Å². The van der Waals surface area contributed by atoms with Gasteiger partial charge in [-0.3, -0.25) is 14.8 Å². The quantitative estimate of drug-likeness (QED) is 0.204. The number of hydrogen-bond acceptors (Lipinski definition) is 7. The summed E-state index contributed by atoms with van der Waals surface area (Å²) >= 11 is 0. The maximum Gasteiger partial charge on any atom is 0.405 e. The zero-order valence-electron chi connectivity index (χ0n) is 12.9. The fraction of sp³-hybridized carbons (Fsp3) is 0.333. The van der Waals surface area contributed by atoms with Crippen molar-refractivity contribution in [1.82, 2.24) is 0 Å². The highest BCUT2D eigenvalue weighted by Crippen LogP contribution is 2.29. The molecule has 8 nitrogen and oxygen atoms in total. The molecule has 0 saturated heterocycles. The van der Waals surface area contributed by atoms with Gasteiger partial charge in [-0.1, -0.05) is 30.3 Å². The van der Waals surface area contributed by atoms with E-state index in [-0.39, 0.29) is 0 Å². The maximum absolute atomic E-state index is 12.0. The predicted octanol–water partition coefficient (Wildman–Crippen LogP) is 0.662. The van der Waals surface area contributed by atoms with Crippen molar-refractivity contribution in [3.8, 4) is 0 Å². The van der Waals surface area contributed by atoms with Crippen LogP contribution in [0.25, 0.3) is 0 Å². The number of nitrogens with zero attached hydrogens (tertiary/aromatic N) is 1. The van der Waals surface area contributed by atoms with Crippen LogP contribution < -0.4 is 0 Å². The Morgan fingerprint density at radius 2 is 1.70 bits per heavy atom. The fourth-order valence-corrected chi connectivity index (χ4v) is 2.26. The number of ketones is 1. The molecule has 8 heteroatoms. The molecule has 2 atom stereocenters. The number of carbonyl (C=O) groups is 3. The monoisotopic (exact) mass is 323 g/mol. The molecule has 1 aromatic rings. The Kier molecular flexibility index (Phi) is 6.25. The van der Waals surface area contributed by atoms with Gasteiger partial charge in [0.1, 0.15) is 17.6 Å². The van der Waals surface area contributed by atoms with Crippen molar-refractivity contribution in [3.05, 3.63) is 41.1 Å². The average Bonchev–Trinajstić information content (AvgIpc) is 2.53. The van der Waals surface area contributed by atoms with E-state index in [2.05, 4.69) is 9.47 Å². The van der Waals surface area contributed by atoms with Crippen molar-refractivity contribution in [3.63, 3.8) is 0 Å². The van der Waals surface area contributed by atoms with Crippen molar-refractivity contribution in [2.45, 2.75) is 12.8 Å². The molecule has 23 heavy (non-hydrogen) atoms. The summed E-state index contributed by atoms with van der Waals surface area (Å²) in [5.74, 6) is -5.56. The number of ether oxygens (including phenoxy) is 2. The molecule has 0 heterocycles. The normalized spacial score (nSPS) is 14.2. The van der Waals surface area contributed by atoms with Crippen LogP contribution in [-0.4, -0.2) is 47.8 Å². The Balaban J connectivity index is 3.61. The molecule has 0 bridgehead atoms. The second-order valence-electron chi connectivity index (χ2n) is 4.65. The lowest BCUT2D eigenvalue weighted by molar-refractivity contribution is -0.726. The maximum atomic E-state index is 12.0. The molecule has 0 spiro atoms. The van der Waals surface area contributed by atoms with Crippen LogP contribution in [0.5, 0.6) is 0 Å². The minimum Gasteiger partial charge on any atom is -0.468 e. The van der Waals surface area contributed by atoms with Crippen molar-refractivity contribution < 1.29 is 34.0 Å². The summed E-state index contributed by atoms with van der Waals surface area (Å²) < 4.78 is 9.07. The highest BCUT2D eigenvalue weighted by Gasteiger charge is 2.46. The first-order valence-corrected chi connectivity index (χ1v) is 6.59.